The molecular formula is C10H15NO3. The van der Waals surface area contributed by atoms with Gasteiger partial charge in [0.05, 0.1) is 24.0 Å². The molecule has 0 aromatic heterocycles. The zero-order chi connectivity index (χ0) is 10.1. The number of nitrogens with zero attached hydrogens (tertiary/aromatic N) is 1. The molecule has 4 heteroatoms. The van der Waals surface area contributed by atoms with Gasteiger partial charge >= 0.3 is 5.97 Å². The number of ether oxygens (including phenoxy) is 1. The van der Waals surface area contributed by atoms with Crippen molar-refractivity contribution in [1.82, 2.24) is 4.90 Å². The fourth-order valence-corrected chi connectivity index (χ4v) is 2.17. The molecule has 0 aromatic carbocycles. The van der Waals surface area contributed by atoms with Crippen LogP contribution in [0.25, 0.3) is 0 Å². The van der Waals surface area contributed by atoms with Gasteiger partial charge < -0.3 is 14.7 Å². The van der Waals surface area contributed by atoms with E-state index in [1.54, 1.807) is 6.92 Å². The fourth-order valence-electron chi connectivity index (χ4n) is 2.17. The van der Waals surface area contributed by atoms with Gasteiger partial charge in [-0.15, -0.1) is 0 Å². The highest BCUT2D eigenvalue weighted by Gasteiger charge is 2.36. The predicted molar refractivity (Wildman–Crippen MR) is 50.5 cm³/mol. The molecule has 0 aromatic rings. The first-order valence-electron chi connectivity index (χ1n) is 5.07. The van der Waals surface area contributed by atoms with E-state index in [-0.39, 0.29) is 5.97 Å². The number of hydrogen-bond acceptors (Lipinski definition) is 4. The Morgan fingerprint density at radius 3 is 3.14 bits per heavy atom. The molecule has 1 saturated heterocycles. The van der Waals surface area contributed by atoms with E-state index < -0.39 is 6.10 Å². The topological polar surface area (TPSA) is 49.8 Å². The van der Waals surface area contributed by atoms with Crippen LogP contribution in [0.2, 0.25) is 0 Å². The summed E-state index contributed by atoms with van der Waals surface area (Å²) in [6.45, 7) is 3.90. The quantitative estimate of drug-likeness (QED) is 0.646. The summed E-state index contributed by atoms with van der Waals surface area (Å²) in [6.07, 6.45) is 0.987. The van der Waals surface area contributed by atoms with Crippen molar-refractivity contribution in [3.05, 3.63) is 11.3 Å². The molecule has 0 spiro atoms. The van der Waals surface area contributed by atoms with E-state index in [9.17, 15) is 9.90 Å². The third-order valence-corrected chi connectivity index (χ3v) is 2.79. The normalized spacial score (nSPS) is 25.6. The highest BCUT2D eigenvalue weighted by molar-refractivity contribution is 5.90. The Morgan fingerprint density at radius 1 is 1.64 bits per heavy atom. The molecule has 1 atom stereocenters. The predicted octanol–water partition coefficient (Wildman–Crippen LogP) is 0.274. The van der Waals surface area contributed by atoms with Gasteiger partial charge in [-0.25, -0.2) is 4.79 Å². The summed E-state index contributed by atoms with van der Waals surface area (Å²) in [4.78, 5) is 13.6. The largest absolute Gasteiger partial charge is 0.463 e. The van der Waals surface area contributed by atoms with Crippen LogP contribution in [-0.4, -0.2) is 41.8 Å². The maximum absolute atomic E-state index is 11.5. The highest BCUT2D eigenvalue weighted by Crippen LogP contribution is 2.32. The van der Waals surface area contributed by atoms with Gasteiger partial charge in [-0.05, 0) is 19.8 Å². The number of aliphatic hydroxyl groups excluding tert-OH is 1. The van der Waals surface area contributed by atoms with E-state index in [1.165, 1.54) is 0 Å². The van der Waals surface area contributed by atoms with Gasteiger partial charge in [0.25, 0.3) is 0 Å². The molecule has 0 aliphatic carbocycles. The van der Waals surface area contributed by atoms with Crippen molar-refractivity contribution in [2.75, 3.05) is 19.7 Å². The standard InChI is InChI=1S/C10H15NO3/c1-2-14-10(13)7-3-5-11-6-4-8(12)9(7)11/h8,12H,2-6H2,1H3. The van der Waals surface area contributed by atoms with E-state index in [1.807, 2.05) is 0 Å². The molecule has 2 heterocycles. The second kappa shape index (κ2) is 3.61. The van der Waals surface area contributed by atoms with Gasteiger partial charge in [0.2, 0.25) is 0 Å². The first kappa shape index (κ1) is 9.52. The van der Waals surface area contributed by atoms with Crippen LogP contribution in [0.1, 0.15) is 19.8 Å². The van der Waals surface area contributed by atoms with E-state index in [0.717, 1.165) is 25.2 Å². The minimum atomic E-state index is -0.461. The zero-order valence-electron chi connectivity index (χ0n) is 8.32. The summed E-state index contributed by atoms with van der Waals surface area (Å²) in [7, 11) is 0. The second-order valence-corrected chi connectivity index (χ2v) is 3.63. The van der Waals surface area contributed by atoms with Crippen molar-refractivity contribution >= 4 is 5.97 Å². The lowest BCUT2D eigenvalue weighted by atomic mass is 10.1. The first-order chi connectivity index (χ1) is 6.74. The Balaban J connectivity index is 2.21. The van der Waals surface area contributed by atoms with Crippen molar-refractivity contribution in [2.24, 2.45) is 0 Å². The number of carbonyl (C=O) groups is 1. The maximum atomic E-state index is 11.5. The Labute approximate surface area is 83.2 Å². The van der Waals surface area contributed by atoms with Crippen LogP contribution in [0.5, 0.6) is 0 Å². The monoisotopic (exact) mass is 197 g/mol. The third kappa shape index (κ3) is 1.39. The number of hydrogen-bond donors (Lipinski definition) is 1. The lowest BCUT2D eigenvalue weighted by Gasteiger charge is -2.13. The molecule has 2 aliphatic rings. The Bertz CT molecular complexity index is 285. The highest BCUT2D eigenvalue weighted by atomic mass is 16.5. The van der Waals surface area contributed by atoms with E-state index in [0.29, 0.717) is 18.6 Å². The summed E-state index contributed by atoms with van der Waals surface area (Å²) in [5.41, 5.74) is 1.49. The lowest BCUT2D eigenvalue weighted by Crippen LogP contribution is -2.16. The van der Waals surface area contributed by atoms with Crippen molar-refractivity contribution in [2.45, 2.75) is 25.9 Å². The number of rotatable bonds is 2. The molecule has 1 fully saturated rings. The molecule has 0 saturated carbocycles. The molecule has 0 bridgehead atoms. The van der Waals surface area contributed by atoms with Crippen molar-refractivity contribution < 1.29 is 14.6 Å². The van der Waals surface area contributed by atoms with Crippen LogP contribution < -0.4 is 0 Å². The van der Waals surface area contributed by atoms with E-state index in [4.69, 9.17) is 4.74 Å². The van der Waals surface area contributed by atoms with Crippen LogP contribution in [0.3, 0.4) is 0 Å². The molecule has 1 unspecified atom stereocenters. The molecule has 78 valence electrons. The fraction of sp³-hybridized carbons (Fsp3) is 0.700. The average molecular weight is 197 g/mol. The van der Waals surface area contributed by atoms with E-state index in [2.05, 4.69) is 4.90 Å². The minimum Gasteiger partial charge on any atom is -0.463 e. The molecule has 2 aliphatic heterocycles. The lowest BCUT2D eigenvalue weighted by molar-refractivity contribution is -0.138. The van der Waals surface area contributed by atoms with Gasteiger partial charge in [-0.2, -0.15) is 0 Å². The van der Waals surface area contributed by atoms with Gasteiger partial charge in [0.15, 0.2) is 0 Å². The second-order valence-electron chi connectivity index (χ2n) is 3.63. The Hall–Kier alpha value is -1.03. The van der Waals surface area contributed by atoms with Crippen molar-refractivity contribution in [3.63, 3.8) is 0 Å². The van der Waals surface area contributed by atoms with Gasteiger partial charge in [0, 0.05) is 13.1 Å². The van der Waals surface area contributed by atoms with Crippen LogP contribution >= 0.6 is 0 Å². The SMILES string of the molecule is CCOC(=O)C1=C2C(O)CCN2CC1. The molecule has 4 nitrogen and oxygen atoms in total. The van der Waals surface area contributed by atoms with Crippen LogP contribution in [0, 0.1) is 0 Å². The summed E-state index contributed by atoms with van der Waals surface area (Å²) in [5.74, 6) is -0.258. The maximum Gasteiger partial charge on any atom is 0.335 e. The Kier molecular flexibility index (Phi) is 2.46. The molecule has 2 rings (SSSR count). The van der Waals surface area contributed by atoms with Gasteiger partial charge in [0.1, 0.15) is 0 Å². The average Bonchev–Trinajstić information content (AvgIpc) is 2.70. The van der Waals surface area contributed by atoms with Gasteiger partial charge in [-0.3, -0.25) is 0 Å². The van der Waals surface area contributed by atoms with Crippen LogP contribution in [0.15, 0.2) is 11.3 Å². The Morgan fingerprint density at radius 2 is 2.43 bits per heavy atom. The third-order valence-electron chi connectivity index (χ3n) is 2.79. The summed E-state index contributed by atoms with van der Waals surface area (Å²) < 4.78 is 4.95. The molecule has 1 N–H and O–H groups in total. The molecule has 0 radical (unpaired) electrons. The van der Waals surface area contributed by atoms with Crippen molar-refractivity contribution in [1.29, 1.82) is 0 Å². The van der Waals surface area contributed by atoms with Gasteiger partial charge in [-0.1, -0.05) is 0 Å². The van der Waals surface area contributed by atoms with Crippen LogP contribution in [0.4, 0.5) is 0 Å². The number of esters is 1. The number of aliphatic hydroxyl groups is 1. The van der Waals surface area contributed by atoms with E-state index >= 15 is 0 Å². The summed E-state index contributed by atoms with van der Waals surface area (Å²) in [6, 6.07) is 0. The first-order valence-corrected chi connectivity index (χ1v) is 5.07. The molecular weight excluding hydrogens is 182 g/mol. The summed E-state index contributed by atoms with van der Waals surface area (Å²) in [5, 5.41) is 9.68. The smallest absolute Gasteiger partial charge is 0.335 e. The van der Waals surface area contributed by atoms with Crippen molar-refractivity contribution in [3.8, 4) is 0 Å². The molecule has 0 amide bonds. The minimum absolute atomic E-state index is 0.258. The zero-order valence-corrected chi connectivity index (χ0v) is 8.32. The molecule has 14 heavy (non-hydrogen) atoms. The number of carbonyl (C=O) groups excluding carboxylic acids is 1. The van der Waals surface area contributed by atoms with Crippen LogP contribution in [-0.2, 0) is 9.53 Å². The number of fused-ring (bicyclic) bond motifs is 1. The summed E-state index contributed by atoms with van der Waals surface area (Å²) >= 11 is 0.